The van der Waals surface area contributed by atoms with E-state index in [1.54, 1.807) is 0 Å². The molecule has 0 aliphatic heterocycles. The van der Waals surface area contributed by atoms with Gasteiger partial charge in [-0.2, -0.15) is 0 Å². The third kappa shape index (κ3) is 4.98. The molecule has 0 spiro atoms. The summed E-state index contributed by atoms with van der Waals surface area (Å²) < 4.78 is 7.35. The Hall–Kier alpha value is -7.41. The highest BCUT2D eigenvalue weighted by atomic mass is 32.1. The van der Waals surface area contributed by atoms with Crippen molar-refractivity contribution in [1.82, 2.24) is 24.1 Å². The van der Waals surface area contributed by atoms with E-state index in [0.717, 1.165) is 33.6 Å². The Bertz CT molecular complexity index is 3400. The van der Waals surface area contributed by atoms with Crippen LogP contribution in [0, 0.1) is 0 Å². The maximum absolute atomic E-state index is 5.08. The normalized spacial score (nSPS) is 11.9. The Balaban J connectivity index is 1.09. The highest BCUT2D eigenvalue weighted by Crippen LogP contribution is 2.45. The molecule has 57 heavy (non-hydrogen) atoms. The lowest BCUT2D eigenvalue weighted by molar-refractivity contribution is 1.07. The molecule has 0 fully saturated rings. The van der Waals surface area contributed by atoms with Crippen LogP contribution in [-0.2, 0) is 0 Å². The fourth-order valence-electron chi connectivity index (χ4n) is 8.59. The molecule has 12 rings (SSSR count). The van der Waals surface area contributed by atoms with Gasteiger partial charge in [0.05, 0.1) is 22.1 Å². The van der Waals surface area contributed by atoms with Crippen LogP contribution in [0.1, 0.15) is 0 Å². The maximum Gasteiger partial charge on any atom is 0.164 e. The molecular weight excluding hydrogens is 715 g/mol. The molecule has 0 saturated carbocycles. The summed E-state index contributed by atoms with van der Waals surface area (Å²) in [5.74, 6) is 1.94. The minimum atomic E-state index is 0.638. The second-order valence-electron chi connectivity index (χ2n) is 14.4. The fraction of sp³-hybridized carbons (Fsp3) is 0. The zero-order chi connectivity index (χ0) is 37.5. The average Bonchev–Trinajstić information content (AvgIpc) is 3.94. The van der Waals surface area contributed by atoms with Crippen molar-refractivity contribution < 1.29 is 0 Å². The van der Waals surface area contributed by atoms with Crippen molar-refractivity contribution in [1.29, 1.82) is 0 Å². The number of nitrogens with zero attached hydrogens (tertiary/aromatic N) is 5. The van der Waals surface area contributed by atoms with E-state index < -0.39 is 0 Å². The van der Waals surface area contributed by atoms with Crippen molar-refractivity contribution in [2.75, 3.05) is 0 Å². The molecule has 0 atom stereocenters. The number of fused-ring (bicyclic) bond motifs is 10. The molecule has 4 heterocycles. The van der Waals surface area contributed by atoms with Crippen LogP contribution in [0.25, 0.3) is 109 Å². The summed E-state index contributed by atoms with van der Waals surface area (Å²) in [4.78, 5) is 15.1. The van der Waals surface area contributed by atoms with Crippen LogP contribution in [-0.4, -0.2) is 24.1 Å². The molecule has 0 N–H and O–H groups in total. The number of para-hydroxylation sites is 3. The van der Waals surface area contributed by atoms with Crippen molar-refractivity contribution in [3.8, 4) is 45.5 Å². The molecule has 0 aliphatic carbocycles. The van der Waals surface area contributed by atoms with Crippen LogP contribution in [0.15, 0.2) is 188 Å². The summed E-state index contributed by atoms with van der Waals surface area (Å²) in [6.45, 7) is 0. The number of thiophene rings is 1. The van der Waals surface area contributed by atoms with E-state index in [1.807, 2.05) is 72.0 Å². The Morgan fingerprint density at radius 1 is 0.333 bits per heavy atom. The predicted octanol–water partition coefficient (Wildman–Crippen LogP) is 13.4. The van der Waals surface area contributed by atoms with E-state index in [-0.39, 0.29) is 0 Å². The summed E-state index contributed by atoms with van der Waals surface area (Å²) >= 11 is 1.87. The third-order valence-electron chi connectivity index (χ3n) is 11.2. The topological polar surface area (TPSA) is 48.5 Å². The molecule has 0 unspecified atom stereocenters. The highest BCUT2D eigenvalue weighted by Gasteiger charge is 2.21. The highest BCUT2D eigenvalue weighted by molar-refractivity contribution is 7.26. The fourth-order valence-corrected chi connectivity index (χ4v) is 9.83. The van der Waals surface area contributed by atoms with Crippen LogP contribution in [0.3, 0.4) is 0 Å². The molecular formula is C51H31N5S. The predicted molar refractivity (Wildman–Crippen MR) is 238 cm³/mol. The van der Waals surface area contributed by atoms with Gasteiger partial charge in [0, 0.05) is 69.8 Å². The van der Waals surface area contributed by atoms with Gasteiger partial charge in [0.15, 0.2) is 17.5 Å². The van der Waals surface area contributed by atoms with Crippen LogP contribution < -0.4 is 0 Å². The van der Waals surface area contributed by atoms with Crippen LogP contribution in [0.5, 0.6) is 0 Å². The molecule has 4 aromatic heterocycles. The smallest absolute Gasteiger partial charge is 0.164 e. The van der Waals surface area contributed by atoms with Gasteiger partial charge in [-0.1, -0.05) is 133 Å². The first-order valence-electron chi connectivity index (χ1n) is 19.1. The summed E-state index contributed by atoms with van der Waals surface area (Å²) in [5.41, 5.74) is 9.80. The molecule has 0 radical (unpaired) electrons. The van der Waals surface area contributed by atoms with E-state index in [1.165, 1.54) is 58.3 Å². The van der Waals surface area contributed by atoms with Crippen molar-refractivity contribution in [3.63, 3.8) is 0 Å². The average molecular weight is 746 g/mol. The molecule has 266 valence electrons. The second kappa shape index (κ2) is 12.6. The lowest BCUT2D eigenvalue weighted by atomic mass is 10.1. The summed E-state index contributed by atoms with van der Waals surface area (Å²) in [7, 11) is 0. The van der Waals surface area contributed by atoms with E-state index in [4.69, 9.17) is 15.0 Å². The van der Waals surface area contributed by atoms with Gasteiger partial charge in [-0.05, 0) is 54.6 Å². The Morgan fingerprint density at radius 3 is 1.53 bits per heavy atom. The van der Waals surface area contributed by atoms with Gasteiger partial charge < -0.3 is 9.13 Å². The summed E-state index contributed by atoms with van der Waals surface area (Å²) in [6.07, 6.45) is 0. The summed E-state index contributed by atoms with van der Waals surface area (Å²) in [5, 5.41) is 7.51. The molecule has 0 saturated heterocycles. The number of hydrogen-bond donors (Lipinski definition) is 0. The standard InChI is InChI=1S/C51H31N5S/c1-4-14-32(15-5-1)49-52-50(33-16-6-2-7-17-33)54-51(53-49)34-24-26-40-45(30-34)55(35-18-8-3-9-19-35)44-28-27-39-41-31-36(25-29-46(41)57-48(39)47(40)44)56-42-22-12-10-20-37(42)38-21-11-13-23-43(38)56/h1-31H. The van der Waals surface area contributed by atoms with Crippen LogP contribution >= 0.6 is 11.3 Å². The maximum atomic E-state index is 5.08. The van der Waals surface area contributed by atoms with E-state index in [9.17, 15) is 0 Å². The van der Waals surface area contributed by atoms with Crippen molar-refractivity contribution >= 4 is 75.1 Å². The van der Waals surface area contributed by atoms with Gasteiger partial charge in [-0.25, -0.2) is 15.0 Å². The number of aromatic nitrogens is 5. The van der Waals surface area contributed by atoms with Gasteiger partial charge in [-0.3, -0.25) is 0 Å². The quantitative estimate of drug-likeness (QED) is 0.176. The molecule has 8 aromatic carbocycles. The third-order valence-corrected chi connectivity index (χ3v) is 12.4. The van der Waals surface area contributed by atoms with Gasteiger partial charge in [-0.15, -0.1) is 11.3 Å². The lowest BCUT2D eigenvalue weighted by Gasteiger charge is -2.10. The minimum Gasteiger partial charge on any atom is -0.309 e. The zero-order valence-electron chi connectivity index (χ0n) is 30.5. The first kappa shape index (κ1) is 31.9. The van der Waals surface area contributed by atoms with Gasteiger partial charge in [0.1, 0.15) is 0 Å². The van der Waals surface area contributed by atoms with E-state index in [0.29, 0.717) is 17.5 Å². The molecule has 5 nitrogen and oxygen atoms in total. The molecule has 0 amide bonds. The lowest BCUT2D eigenvalue weighted by Crippen LogP contribution is -2.00. The largest absolute Gasteiger partial charge is 0.309 e. The SMILES string of the molecule is c1ccc(-c2nc(-c3ccccc3)nc(-c3ccc4c5c6sc7ccc(-n8c9ccccc9c9ccccc98)cc7c6ccc5n(-c5ccccc5)c4c3)n2)cc1. The first-order valence-corrected chi connectivity index (χ1v) is 19.9. The van der Waals surface area contributed by atoms with Crippen LogP contribution in [0.2, 0.25) is 0 Å². The Labute approximate surface area is 331 Å². The zero-order valence-corrected chi connectivity index (χ0v) is 31.4. The molecule has 0 aliphatic rings. The van der Waals surface area contributed by atoms with Gasteiger partial charge >= 0.3 is 0 Å². The monoisotopic (exact) mass is 745 g/mol. The second-order valence-corrected chi connectivity index (χ2v) is 15.5. The Kier molecular flexibility index (Phi) is 7.03. The van der Waals surface area contributed by atoms with Gasteiger partial charge in [0.2, 0.25) is 0 Å². The van der Waals surface area contributed by atoms with Crippen LogP contribution in [0.4, 0.5) is 0 Å². The molecule has 0 bridgehead atoms. The molecule has 6 heteroatoms. The molecule has 12 aromatic rings. The van der Waals surface area contributed by atoms with Crippen molar-refractivity contribution in [2.24, 2.45) is 0 Å². The first-order chi connectivity index (χ1) is 28.3. The minimum absolute atomic E-state index is 0.638. The van der Waals surface area contributed by atoms with Crippen molar-refractivity contribution in [2.45, 2.75) is 0 Å². The number of benzene rings is 8. The van der Waals surface area contributed by atoms with E-state index in [2.05, 4.69) is 137 Å². The van der Waals surface area contributed by atoms with Gasteiger partial charge in [0.25, 0.3) is 0 Å². The number of rotatable bonds is 5. The van der Waals surface area contributed by atoms with Crippen molar-refractivity contribution in [3.05, 3.63) is 188 Å². The Morgan fingerprint density at radius 2 is 0.877 bits per heavy atom. The number of hydrogen-bond acceptors (Lipinski definition) is 4. The summed E-state index contributed by atoms with van der Waals surface area (Å²) in [6, 6.07) is 66.6. The van der Waals surface area contributed by atoms with E-state index >= 15 is 0 Å².